The summed E-state index contributed by atoms with van der Waals surface area (Å²) in [6, 6.07) is 7.40. The van der Waals surface area contributed by atoms with E-state index in [-0.39, 0.29) is 5.75 Å². The fourth-order valence-electron chi connectivity index (χ4n) is 1.78. The van der Waals surface area contributed by atoms with Gasteiger partial charge in [0.1, 0.15) is 5.75 Å². The van der Waals surface area contributed by atoms with Crippen LogP contribution in [0.1, 0.15) is 5.56 Å². The average Bonchev–Trinajstić information content (AvgIpc) is 2.92. The summed E-state index contributed by atoms with van der Waals surface area (Å²) in [5.74, 6) is 0.525. The van der Waals surface area contributed by atoms with Gasteiger partial charge in [0, 0.05) is 0 Å². The molecule has 2 aromatic carbocycles. The summed E-state index contributed by atoms with van der Waals surface area (Å²) in [7, 11) is 0. The minimum absolute atomic E-state index is 0.233. The molecule has 0 saturated heterocycles. The van der Waals surface area contributed by atoms with E-state index in [2.05, 4.69) is 14.9 Å². The summed E-state index contributed by atoms with van der Waals surface area (Å²) in [6.07, 6.45) is -4.39. The third kappa shape index (κ3) is 2.47. The highest BCUT2D eigenvalue weighted by Gasteiger charge is 2.30. The van der Waals surface area contributed by atoms with Crippen molar-refractivity contribution in [3.8, 4) is 11.5 Å². The Labute approximate surface area is 116 Å². The molecule has 3 aromatic rings. The first-order chi connectivity index (χ1) is 9.95. The van der Waals surface area contributed by atoms with E-state index in [0.29, 0.717) is 22.5 Å². The lowest BCUT2D eigenvalue weighted by molar-refractivity contribution is -0.137. The number of halogens is 3. The summed E-state index contributed by atoms with van der Waals surface area (Å²) in [4.78, 5) is 0. The quantitative estimate of drug-likeness (QED) is 0.731. The number of ether oxygens (including phenoxy) is 1. The molecule has 0 aliphatic rings. The number of benzene rings is 2. The molecule has 0 saturated carbocycles. The maximum atomic E-state index is 12.5. The number of nitrogens with zero attached hydrogens (tertiary/aromatic N) is 2. The molecule has 0 aliphatic heterocycles. The van der Waals surface area contributed by atoms with Crippen LogP contribution in [-0.2, 0) is 6.18 Å². The molecule has 3 rings (SSSR count). The van der Waals surface area contributed by atoms with Gasteiger partial charge in [-0.05, 0) is 46.7 Å². The van der Waals surface area contributed by atoms with E-state index >= 15 is 0 Å². The number of nitrogen functional groups attached to an aromatic ring is 1. The maximum absolute atomic E-state index is 12.5. The maximum Gasteiger partial charge on any atom is 0.416 e. The minimum Gasteiger partial charge on any atom is -0.455 e. The highest BCUT2D eigenvalue weighted by Crippen LogP contribution is 2.33. The molecule has 0 amide bonds. The molecule has 5 nitrogen and oxygen atoms in total. The van der Waals surface area contributed by atoms with Crippen molar-refractivity contribution >= 4 is 16.7 Å². The van der Waals surface area contributed by atoms with Gasteiger partial charge in [-0.3, -0.25) is 0 Å². The Morgan fingerprint density at radius 3 is 2.29 bits per heavy atom. The zero-order chi connectivity index (χ0) is 15.0. The van der Waals surface area contributed by atoms with E-state index in [1.807, 2.05) is 0 Å². The van der Waals surface area contributed by atoms with Gasteiger partial charge in [-0.1, -0.05) is 0 Å². The largest absolute Gasteiger partial charge is 0.455 e. The topological polar surface area (TPSA) is 74.2 Å². The lowest BCUT2D eigenvalue weighted by Crippen LogP contribution is -2.04. The van der Waals surface area contributed by atoms with Crippen LogP contribution >= 0.6 is 0 Å². The molecular weight excluding hydrogens is 287 g/mol. The summed E-state index contributed by atoms with van der Waals surface area (Å²) in [5.41, 5.74) is 5.94. The highest BCUT2D eigenvalue weighted by atomic mass is 19.4. The first-order valence-corrected chi connectivity index (χ1v) is 5.81. The Hall–Kier alpha value is -2.77. The molecule has 1 aromatic heterocycles. The molecule has 8 heteroatoms. The van der Waals surface area contributed by atoms with Crippen molar-refractivity contribution in [2.75, 3.05) is 5.73 Å². The molecule has 0 fully saturated rings. The minimum atomic E-state index is -4.39. The fraction of sp³-hybridized carbons (Fsp3) is 0.0769. The van der Waals surface area contributed by atoms with Crippen LogP contribution in [0.3, 0.4) is 0 Å². The van der Waals surface area contributed by atoms with E-state index in [4.69, 9.17) is 10.5 Å². The number of hydrogen-bond donors (Lipinski definition) is 1. The predicted molar refractivity (Wildman–Crippen MR) is 67.7 cm³/mol. The Balaban J connectivity index is 1.92. The van der Waals surface area contributed by atoms with Gasteiger partial charge < -0.3 is 10.5 Å². The number of rotatable bonds is 2. The monoisotopic (exact) mass is 295 g/mol. The Morgan fingerprint density at radius 2 is 1.62 bits per heavy atom. The molecule has 0 atom stereocenters. The fourth-order valence-corrected chi connectivity index (χ4v) is 1.78. The van der Waals surface area contributed by atoms with Crippen molar-refractivity contribution in [2.45, 2.75) is 6.18 Å². The zero-order valence-electron chi connectivity index (χ0n) is 10.4. The van der Waals surface area contributed by atoms with Gasteiger partial charge in [0.15, 0.2) is 16.8 Å². The van der Waals surface area contributed by atoms with Crippen LogP contribution in [0.2, 0.25) is 0 Å². The Morgan fingerprint density at radius 1 is 0.952 bits per heavy atom. The van der Waals surface area contributed by atoms with Crippen molar-refractivity contribution in [1.29, 1.82) is 0 Å². The Kier molecular flexibility index (Phi) is 2.93. The average molecular weight is 295 g/mol. The Bertz CT molecular complexity index is 781. The number of anilines is 1. The van der Waals surface area contributed by atoms with Gasteiger partial charge in [0.05, 0.1) is 11.3 Å². The molecule has 21 heavy (non-hydrogen) atoms. The molecule has 0 aliphatic carbocycles. The molecule has 2 N–H and O–H groups in total. The van der Waals surface area contributed by atoms with Crippen LogP contribution in [0.25, 0.3) is 11.0 Å². The number of nitrogens with two attached hydrogens (primary N) is 1. The highest BCUT2D eigenvalue weighted by molar-refractivity contribution is 5.90. The van der Waals surface area contributed by atoms with Gasteiger partial charge in [-0.25, -0.2) is 4.63 Å². The van der Waals surface area contributed by atoms with Gasteiger partial charge in [-0.2, -0.15) is 13.2 Å². The molecule has 0 unspecified atom stereocenters. The normalized spacial score (nSPS) is 11.8. The van der Waals surface area contributed by atoms with Gasteiger partial charge >= 0.3 is 6.18 Å². The number of hydrogen-bond acceptors (Lipinski definition) is 5. The van der Waals surface area contributed by atoms with Gasteiger partial charge in [-0.15, -0.1) is 0 Å². The zero-order valence-corrected chi connectivity index (χ0v) is 10.4. The second kappa shape index (κ2) is 4.65. The summed E-state index contributed by atoms with van der Waals surface area (Å²) in [5, 5.41) is 7.29. The standard InChI is InChI=1S/C13H8F3N3O2/c14-13(15,16)7-1-3-8(4-2-7)20-10-6-5-9(17)11-12(10)19-21-18-11/h1-6H,17H2. The second-order valence-electron chi connectivity index (χ2n) is 4.24. The van der Waals surface area contributed by atoms with Gasteiger partial charge in [0.2, 0.25) is 0 Å². The van der Waals surface area contributed by atoms with Crippen LogP contribution in [0.5, 0.6) is 11.5 Å². The summed E-state index contributed by atoms with van der Waals surface area (Å²) in [6.45, 7) is 0. The van der Waals surface area contributed by atoms with Gasteiger partial charge in [0.25, 0.3) is 0 Å². The van der Waals surface area contributed by atoms with E-state index in [9.17, 15) is 13.2 Å². The van der Waals surface area contributed by atoms with Crippen LogP contribution in [0, 0.1) is 0 Å². The third-order valence-electron chi connectivity index (χ3n) is 2.82. The molecule has 0 radical (unpaired) electrons. The third-order valence-corrected chi connectivity index (χ3v) is 2.82. The number of aromatic nitrogens is 2. The summed E-state index contributed by atoms with van der Waals surface area (Å²) < 4.78 is 47.5. The lowest BCUT2D eigenvalue weighted by atomic mass is 10.2. The van der Waals surface area contributed by atoms with Crippen LogP contribution in [-0.4, -0.2) is 10.3 Å². The number of fused-ring (bicyclic) bond motifs is 1. The van der Waals surface area contributed by atoms with E-state index in [1.165, 1.54) is 12.1 Å². The second-order valence-corrected chi connectivity index (χ2v) is 4.24. The molecular formula is C13H8F3N3O2. The SMILES string of the molecule is Nc1ccc(Oc2ccc(C(F)(F)F)cc2)c2nonc12. The van der Waals surface area contributed by atoms with Crippen molar-refractivity contribution < 1.29 is 22.5 Å². The van der Waals surface area contributed by atoms with Crippen molar-refractivity contribution in [2.24, 2.45) is 0 Å². The summed E-state index contributed by atoms with van der Waals surface area (Å²) >= 11 is 0. The van der Waals surface area contributed by atoms with Crippen LogP contribution < -0.4 is 10.5 Å². The van der Waals surface area contributed by atoms with E-state index < -0.39 is 11.7 Å². The molecule has 108 valence electrons. The molecule has 0 spiro atoms. The molecule has 0 bridgehead atoms. The van der Waals surface area contributed by atoms with Crippen molar-refractivity contribution in [3.05, 3.63) is 42.0 Å². The van der Waals surface area contributed by atoms with Crippen molar-refractivity contribution in [3.63, 3.8) is 0 Å². The lowest BCUT2D eigenvalue weighted by Gasteiger charge is -2.09. The van der Waals surface area contributed by atoms with Crippen LogP contribution in [0.15, 0.2) is 41.0 Å². The van der Waals surface area contributed by atoms with Crippen LogP contribution in [0.4, 0.5) is 18.9 Å². The van der Waals surface area contributed by atoms with E-state index in [1.54, 1.807) is 12.1 Å². The van der Waals surface area contributed by atoms with E-state index in [0.717, 1.165) is 12.1 Å². The first kappa shape index (κ1) is 13.2. The number of alkyl halides is 3. The molecule has 1 heterocycles. The predicted octanol–water partition coefficient (Wildman–Crippen LogP) is 3.62. The first-order valence-electron chi connectivity index (χ1n) is 5.81. The van der Waals surface area contributed by atoms with Crippen molar-refractivity contribution in [1.82, 2.24) is 10.3 Å². The smallest absolute Gasteiger partial charge is 0.416 e.